The number of anilines is 1. The van der Waals surface area contributed by atoms with Gasteiger partial charge in [0.15, 0.2) is 6.61 Å². The van der Waals surface area contributed by atoms with Crippen LogP contribution in [0.1, 0.15) is 16.7 Å². The van der Waals surface area contributed by atoms with Crippen molar-refractivity contribution >= 4 is 17.4 Å². The van der Waals surface area contributed by atoms with Crippen molar-refractivity contribution in [3.63, 3.8) is 0 Å². The minimum atomic E-state index is -0.551. The number of pyridine rings is 1. The molecule has 1 N–H and O–H groups in total. The lowest BCUT2D eigenvalue weighted by Gasteiger charge is -2.11. The topological polar surface area (TPSA) is 94.4 Å². The van der Waals surface area contributed by atoms with Crippen molar-refractivity contribution in [2.45, 2.75) is 20.8 Å². The minimum Gasteiger partial charge on any atom is -0.483 e. The molecule has 7 heteroatoms. The molecule has 1 aromatic heterocycles. The Kier molecular flexibility index (Phi) is 4.90. The number of nitrogens with zero attached hydrogens (tertiary/aromatic N) is 2. The Balaban J connectivity index is 1.95. The van der Waals surface area contributed by atoms with E-state index in [2.05, 4.69) is 10.3 Å². The maximum Gasteiger partial charge on any atom is 0.287 e. The first-order chi connectivity index (χ1) is 10.9. The maximum absolute atomic E-state index is 11.9. The molecule has 0 bridgehead atoms. The van der Waals surface area contributed by atoms with Crippen LogP contribution in [0.2, 0.25) is 0 Å². The van der Waals surface area contributed by atoms with E-state index in [0.717, 1.165) is 22.9 Å². The number of ether oxygens (including phenoxy) is 1. The average molecular weight is 315 g/mol. The molecular formula is C16H17N3O4. The number of hydrogen-bond donors (Lipinski definition) is 1. The number of aryl methyl sites for hydroxylation is 3. The SMILES string of the molecule is Cc1cc(C)c(OCC(=O)Nc2ccc([N+](=O)[O-])cn2)cc1C. The Labute approximate surface area is 133 Å². The van der Waals surface area contributed by atoms with E-state index in [9.17, 15) is 14.9 Å². The van der Waals surface area contributed by atoms with E-state index in [1.54, 1.807) is 0 Å². The zero-order chi connectivity index (χ0) is 17.0. The van der Waals surface area contributed by atoms with E-state index in [0.29, 0.717) is 5.75 Å². The van der Waals surface area contributed by atoms with Crippen molar-refractivity contribution in [3.8, 4) is 5.75 Å². The van der Waals surface area contributed by atoms with Crippen molar-refractivity contribution in [1.29, 1.82) is 0 Å². The number of hydrogen-bond acceptors (Lipinski definition) is 5. The molecule has 0 fully saturated rings. The van der Waals surface area contributed by atoms with Crippen LogP contribution in [0.15, 0.2) is 30.5 Å². The number of benzene rings is 1. The molecule has 23 heavy (non-hydrogen) atoms. The van der Waals surface area contributed by atoms with Gasteiger partial charge in [-0.3, -0.25) is 14.9 Å². The standard InChI is InChI=1S/C16H17N3O4/c1-10-6-12(3)14(7-11(10)2)23-9-16(20)18-15-5-4-13(8-17-15)19(21)22/h4-8H,9H2,1-3H3,(H,17,18,20). The van der Waals surface area contributed by atoms with Crippen LogP contribution in [0.3, 0.4) is 0 Å². The summed E-state index contributed by atoms with van der Waals surface area (Å²) in [5.41, 5.74) is 3.07. The van der Waals surface area contributed by atoms with E-state index in [1.165, 1.54) is 12.1 Å². The second-order valence-corrected chi connectivity index (χ2v) is 5.20. The van der Waals surface area contributed by atoms with Crippen molar-refractivity contribution in [1.82, 2.24) is 4.98 Å². The average Bonchev–Trinajstić information content (AvgIpc) is 2.50. The second-order valence-electron chi connectivity index (χ2n) is 5.20. The normalized spacial score (nSPS) is 10.2. The van der Waals surface area contributed by atoms with E-state index in [-0.39, 0.29) is 24.0 Å². The van der Waals surface area contributed by atoms with Crippen LogP contribution in [0.25, 0.3) is 0 Å². The van der Waals surface area contributed by atoms with E-state index in [4.69, 9.17) is 4.74 Å². The highest BCUT2D eigenvalue weighted by molar-refractivity contribution is 5.91. The molecule has 0 atom stereocenters. The predicted octanol–water partition coefficient (Wildman–Crippen LogP) is 2.93. The molecule has 0 unspecified atom stereocenters. The molecule has 1 heterocycles. The fourth-order valence-corrected chi connectivity index (χ4v) is 1.98. The van der Waals surface area contributed by atoms with Crippen molar-refractivity contribution in [2.75, 3.05) is 11.9 Å². The van der Waals surface area contributed by atoms with Gasteiger partial charge in [0, 0.05) is 6.07 Å². The number of carbonyl (C=O) groups excluding carboxylic acids is 1. The number of carbonyl (C=O) groups is 1. The summed E-state index contributed by atoms with van der Waals surface area (Å²) in [6.07, 6.45) is 1.09. The van der Waals surface area contributed by atoms with Gasteiger partial charge in [-0.1, -0.05) is 6.07 Å². The Morgan fingerprint density at radius 3 is 2.52 bits per heavy atom. The molecule has 0 radical (unpaired) electrons. The molecule has 0 aliphatic carbocycles. The van der Waals surface area contributed by atoms with Gasteiger partial charge in [-0.15, -0.1) is 0 Å². The Bertz CT molecular complexity index is 742. The largest absolute Gasteiger partial charge is 0.483 e. The van der Waals surface area contributed by atoms with Gasteiger partial charge < -0.3 is 10.1 Å². The molecule has 2 aromatic rings. The lowest BCUT2D eigenvalue weighted by molar-refractivity contribution is -0.385. The van der Waals surface area contributed by atoms with Crippen molar-refractivity contribution in [2.24, 2.45) is 0 Å². The summed E-state index contributed by atoms with van der Waals surface area (Å²) in [7, 11) is 0. The smallest absolute Gasteiger partial charge is 0.287 e. The third-order valence-electron chi connectivity index (χ3n) is 3.38. The van der Waals surface area contributed by atoms with Gasteiger partial charge in [-0.25, -0.2) is 4.98 Å². The van der Waals surface area contributed by atoms with Crippen LogP contribution < -0.4 is 10.1 Å². The van der Waals surface area contributed by atoms with Crippen LogP contribution in [0.4, 0.5) is 11.5 Å². The summed E-state index contributed by atoms with van der Waals surface area (Å²) >= 11 is 0. The number of nitro groups is 1. The van der Waals surface area contributed by atoms with Gasteiger partial charge in [0.25, 0.3) is 11.6 Å². The highest BCUT2D eigenvalue weighted by Gasteiger charge is 2.09. The summed E-state index contributed by atoms with van der Waals surface area (Å²) in [6.45, 7) is 5.74. The first-order valence-corrected chi connectivity index (χ1v) is 6.98. The van der Waals surface area contributed by atoms with Gasteiger partial charge >= 0.3 is 0 Å². The number of nitrogens with one attached hydrogen (secondary N) is 1. The van der Waals surface area contributed by atoms with Gasteiger partial charge in [0.2, 0.25) is 0 Å². The maximum atomic E-state index is 11.9. The predicted molar refractivity (Wildman–Crippen MR) is 85.7 cm³/mol. The van der Waals surface area contributed by atoms with E-state index in [1.807, 2.05) is 32.9 Å². The van der Waals surface area contributed by atoms with E-state index < -0.39 is 4.92 Å². The molecule has 1 aromatic carbocycles. The number of amides is 1. The third kappa shape index (κ3) is 4.26. The summed E-state index contributed by atoms with van der Waals surface area (Å²) in [5, 5.41) is 13.1. The quantitative estimate of drug-likeness (QED) is 0.676. The fraction of sp³-hybridized carbons (Fsp3) is 0.250. The lowest BCUT2D eigenvalue weighted by Crippen LogP contribution is -2.21. The van der Waals surface area contributed by atoms with Crippen LogP contribution in [-0.4, -0.2) is 22.4 Å². The Morgan fingerprint density at radius 2 is 1.91 bits per heavy atom. The first kappa shape index (κ1) is 16.4. The summed E-state index contributed by atoms with van der Waals surface area (Å²) in [5.74, 6) is 0.505. The third-order valence-corrected chi connectivity index (χ3v) is 3.38. The lowest BCUT2D eigenvalue weighted by atomic mass is 10.1. The molecule has 0 saturated carbocycles. The van der Waals surface area contributed by atoms with Gasteiger partial charge in [-0.2, -0.15) is 0 Å². The molecular weight excluding hydrogens is 298 g/mol. The molecule has 0 saturated heterocycles. The van der Waals surface area contributed by atoms with E-state index >= 15 is 0 Å². The number of aromatic nitrogens is 1. The molecule has 0 aliphatic rings. The van der Waals surface area contributed by atoms with Crippen LogP contribution >= 0.6 is 0 Å². The molecule has 1 amide bonds. The first-order valence-electron chi connectivity index (χ1n) is 6.98. The highest BCUT2D eigenvalue weighted by Crippen LogP contribution is 2.22. The minimum absolute atomic E-state index is 0.134. The van der Waals surface area contributed by atoms with Gasteiger partial charge in [0.1, 0.15) is 17.8 Å². The number of rotatable bonds is 5. The molecule has 7 nitrogen and oxygen atoms in total. The van der Waals surface area contributed by atoms with Gasteiger partial charge in [0.05, 0.1) is 4.92 Å². The Hall–Kier alpha value is -2.96. The van der Waals surface area contributed by atoms with Gasteiger partial charge in [-0.05, 0) is 49.6 Å². The van der Waals surface area contributed by atoms with Crippen molar-refractivity contribution in [3.05, 3.63) is 57.3 Å². The zero-order valence-electron chi connectivity index (χ0n) is 13.1. The van der Waals surface area contributed by atoms with Crippen LogP contribution in [0.5, 0.6) is 5.75 Å². The molecule has 120 valence electrons. The monoisotopic (exact) mass is 315 g/mol. The Morgan fingerprint density at radius 1 is 1.22 bits per heavy atom. The fourth-order valence-electron chi connectivity index (χ4n) is 1.98. The highest BCUT2D eigenvalue weighted by atomic mass is 16.6. The molecule has 0 spiro atoms. The van der Waals surface area contributed by atoms with Crippen LogP contribution in [0, 0.1) is 30.9 Å². The van der Waals surface area contributed by atoms with Crippen LogP contribution in [-0.2, 0) is 4.79 Å². The zero-order valence-corrected chi connectivity index (χ0v) is 13.1. The molecule has 2 rings (SSSR count). The summed E-state index contributed by atoms with van der Waals surface area (Å²) < 4.78 is 5.52. The summed E-state index contributed by atoms with van der Waals surface area (Å²) in [6, 6.07) is 6.54. The van der Waals surface area contributed by atoms with Crippen molar-refractivity contribution < 1.29 is 14.5 Å². The second kappa shape index (κ2) is 6.87. The molecule has 0 aliphatic heterocycles. The summed E-state index contributed by atoms with van der Waals surface area (Å²) in [4.78, 5) is 25.7.